The molecule has 1 saturated carbocycles. The second-order valence-corrected chi connectivity index (χ2v) is 3.28. The van der Waals surface area contributed by atoms with Gasteiger partial charge < -0.3 is 15.7 Å². The van der Waals surface area contributed by atoms with Crippen molar-refractivity contribution in [1.29, 1.82) is 0 Å². The van der Waals surface area contributed by atoms with Crippen LogP contribution in [0.4, 0.5) is 0 Å². The molecule has 6 nitrogen and oxygen atoms in total. The summed E-state index contributed by atoms with van der Waals surface area (Å²) in [5, 5.41) is 13.0. The number of carbonyl (C=O) groups excluding carboxylic acids is 2. The molecule has 0 aromatic rings. The van der Waals surface area contributed by atoms with E-state index in [0.29, 0.717) is 0 Å². The van der Waals surface area contributed by atoms with Gasteiger partial charge in [0.2, 0.25) is 5.91 Å². The summed E-state index contributed by atoms with van der Waals surface area (Å²) in [4.78, 5) is 32.0. The molecule has 0 heterocycles. The first kappa shape index (κ1) is 10.5. The highest BCUT2D eigenvalue weighted by Gasteiger charge is 2.27. The van der Waals surface area contributed by atoms with E-state index in [-0.39, 0.29) is 11.9 Å². The molecule has 0 bridgehead atoms. The van der Waals surface area contributed by atoms with Crippen molar-refractivity contribution in [3.63, 3.8) is 0 Å². The topological polar surface area (TPSA) is 95.5 Å². The zero-order chi connectivity index (χ0) is 10.7. The lowest BCUT2D eigenvalue weighted by Crippen LogP contribution is -2.47. The van der Waals surface area contributed by atoms with E-state index in [1.165, 1.54) is 6.92 Å². The van der Waals surface area contributed by atoms with Crippen molar-refractivity contribution < 1.29 is 19.5 Å². The van der Waals surface area contributed by atoms with Gasteiger partial charge in [0.25, 0.3) is 0 Å². The highest BCUT2D eigenvalue weighted by molar-refractivity contribution is 6.31. The normalized spacial score (nSPS) is 16.9. The molecule has 1 aliphatic rings. The van der Waals surface area contributed by atoms with E-state index < -0.39 is 17.9 Å². The summed E-state index contributed by atoms with van der Waals surface area (Å²) in [6, 6.07) is -0.606. The number of nitrogens with one attached hydrogen (secondary N) is 2. The van der Waals surface area contributed by atoms with Crippen LogP contribution >= 0.6 is 0 Å². The molecular weight excluding hydrogens is 188 g/mol. The van der Waals surface area contributed by atoms with Gasteiger partial charge in [-0.1, -0.05) is 0 Å². The fraction of sp³-hybridized carbons (Fsp3) is 0.625. The maximum atomic E-state index is 11.2. The van der Waals surface area contributed by atoms with Crippen LogP contribution in [0.5, 0.6) is 0 Å². The Morgan fingerprint density at radius 3 is 2.36 bits per heavy atom. The predicted octanol–water partition coefficient (Wildman–Crippen LogP) is -1.15. The minimum atomic E-state index is -1.59. The van der Waals surface area contributed by atoms with Gasteiger partial charge in [-0.05, 0) is 19.8 Å². The van der Waals surface area contributed by atoms with Crippen LogP contribution in [0, 0.1) is 0 Å². The maximum absolute atomic E-state index is 11.2. The van der Waals surface area contributed by atoms with Crippen LogP contribution in [0.15, 0.2) is 0 Å². The Labute approximate surface area is 80.7 Å². The molecule has 78 valence electrons. The van der Waals surface area contributed by atoms with Crippen LogP contribution in [0.1, 0.15) is 19.8 Å². The van der Waals surface area contributed by atoms with Gasteiger partial charge >= 0.3 is 11.9 Å². The number of carbonyl (C=O) groups is 3. The molecule has 0 aromatic heterocycles. The molecule has 0 saturated heterocycles. The van der Waals surface area contributed by atoms with Crippen molar-refractivity contribution in [3.05, 3.63) is 0 Å². The van der Waals surface area contributed by atoms with Crippen molar-refractivity contribution in [3.8, 4) is 0 Å². The number of carboxylic acids is 1. The van der Waals surface area contributed by atoms with Gasteiger partial charge in [0.05, 0.1) is 0 Å². The average Bonchev–Trinajstić information content (AvgIpc) is 2.87. The van der Waals surface area contributed by atoms with E-state index in [9.17, 15) is 14.4 Å². The van der Waals surface area contributed by atoms with E-state index in [2.05, 4.69) is 10.6 Å². The molecule has 6 heteroatoms. The Hall–Kier alpha value is -1.59. The fourth-order valence-electron chi connectivity index (χ4n) is 0.878. The molecule has 1 unspecified atom stereocenters. The quantitative estimate of drug-likeness (QED) is 0.501. The molecular formula is C8H12N2O4. The Balaban J connectivity index is 2.32. The number of carboxylic acid groups (broad SMARTS) is 1. The maximum Gasteiger partial charge on any atom is 0.394 e. The van der Waals surface area contributed by atoms with Crippen molar-refractivity contribution in [2.45, 2.75) is 31.8 Å². The summed E-state index contributed by atoms with van der Waals surface area (Å²) in [6.07, 6.45) is 1.90. The largest absolute Gasteiger partial charge is 0.474 e. The van der Waals surface area contributed by atoms with Crippen molar-refractivity contribution in [2.24, 2.45) is 0 Å². The Bertz CT molecular complexity index is 273. The highest BCUT2D eigenvalue weighted by Crippen LogP contribution is 2.18. The first-order valence-electron chi connectivity index (χ1n) is 4.35. The van der Waals surface area contributed by atoms with E-state index >= 15 is 0 Å². The third kappa shape index (κ3) is 3.04. The van der Waals surface area contributed by atoms with Crippen molar-refractivity contribution in [1.82, 2.24) is 10.6 Å². The molecule has 0 spiro atoms. The first-order chi connectivity index (χ1) is 6.50. The van der Waals surface area contributed by atoms with Crippen LogP contribution in [0.3, 0.4) is 0 Å². The average molecular weight is 200 g/mol. The Morgan fingerprint density at radius 2 is 1.93 bits per heavy atom. The number of amides is 2. The summed E-state index contributed by atoms with van der Waals surface area (Å²) < 4.78 is 0. The number of hydrogen-bond donors (Lipinski definition) is 3. The molecule has 1 atom stereocenters. The Morgan fingerprint density at radius 1 is 1.36 bits per heavy atom. The summed E-state index contributed by atoms with van der Waals surface area (Å²) in [5.74, 6) is -3.10. The summed E-state index contributed by atoms with van der Waals surface area (Å²) in [5.41, 5.74) is 0. The van der Waals surface area contributed by atoms with E-state index in [1.807, 2.05) is 0 Å². The van der Waals surface area contributed by atoms with Crippen LogP contribution in [-0.4, -0.2) is 35.0 Å². The van der Waals surface area contributed by atoms with Gasteiger partial charge in [0, 0.05) is 6.04 Å². The highest BCUT2D eigenvalue weighted by atomic mass is 16.4. The standard InChI is InChI=1S/C8H12N2O4/c1-4(9-7(12)8(13)14)6(11)10-5-2-3-5/h4-5H,2-3H2,1H3,(H,9,12)(H,10,11)(H,13,14). The minimum absolute atomic E-state index is 0.201. The smallest absolute Gasteiger partial charge is 0.394 e. The van der Waals surface area contributed by atoms with E-state index in [4.69, 9.17) is 5.11 Å². The van der Waals surface area contributed by atoms with Crippen LogP contribution in [0.25, 0.3) is 0 Å². The minimum Gasteiger partial charge on any atom is -0.474 e. The lowest BCUT2D eigenvalue weighted by atomic mass is 10.3. The number of rotatable bonds is 3. The number of hydrogen-bond acceptors (Lipinski definition) is 3. The monoisotopic (exact) mass is 200 g/mol. The van der Waals surface area contributed by atoms with Crippen molar-refractivity contribution >= 4 is 17.8 Å². The molecule has 14 heavy (non-hydrogen) atoms. The third-order valence-corrected chi connectivity index (χ3v) is 1.86. The van der Waals surface area contributed by atoms with E-state index in [0.717, 1.165) is 12.8 Å². The summed E-state index contributed by atoms with van der Waals surface area (Å²) >= 11 is 0. The Kier molecular flexibility index (Phi) is 3.06. The SMILES string of the molecule is CC(NC(=O)C(=O)O)C(=O)NC1CC1. The molecule has 0 radical (unpaired) electrons. The fourth-order valence-corrected chi connectivity index (χ4v) is 0.878. The van der Waals surface area contributed by atoms with Gasteiger partial charge in [0.15, 0.2) is 0 Å². The molecule has 0 aliphatic heterocycles. The van der Waals surface area contributed by atoms with Crippen LogP contribution in [-0.2, 0) is 14.4 Å². The molecule has 1 fully saturated rings. The third-order valence-electron chi connectivity index (χ3n) is 1.86. The number of aliphatic carboxylic acids is 1. The second kappa shape index (κ2) is 4.08. The molecule has 2 amide bonds. The van der Waals surface area contributed by atoms with E-state index in [1.54, 1.807) is 0 Å². The van der Waals surface area contributed by atoms with Crippen molar-refractivity contribution in [2.75, 3.05) is 0 Å². The lowest BCUT2D eigenvalue weighted by molar-refractivity contribution is -0.150. The summed E-state index contributed by atoms with van der Waals surface area (Å²) in [6.45, 7) is 1.44. The van der Waals surface area contributed by atoms with Gasteiger partial charge in [0.1, 0.15) is 6.04 Å². The first-order valence-corrected chi connectivity index (χ1v) is 4.35. The zero-order valence-electron chi connectivity index (χ0n) is 7.74. The second-order valence-electron chi connectivity index (χ2n) is 3.28. The predicted molar refractivity (Wildman–Crippen MR) is 46.4 cm³/mol. The van der Waals surface area contributed by atoms with Gasteiger partial charge in [-0.25, -0.2) is 4.79 Å². The van der Waals surface area contributed by atoms with Gasteiger partial charge in [-0.15, -0.1) is 0 Å². The lowest BCUT2D eigenvalue weighted by Gasteiger charge is -2.11. The van der Waals surface area contributed by atoms with Gasteiger partial charge in [-0.2, -0.15) is 0 Å². The summed E-state index contributed by atoms with van der Waals surface area (Å²) in [7, 11) is 0. The molecule has 1 rings (SSSR count). The molecule has 1 aliphatic carbocycles. The molecule has 0 aromatic carbocycles. The van der Waals surface area contributed by atoms with Gasteiger partial charge in [-0.3, -0.25) is 9.59 Å². The zero-order valence-corrected chi connectivity index (χ0v) is 7.74. The molecule has 3 N–H and O–H groups in total. The van der Waals surface area contributed by atoms with Crippen LogP contribution < -0.4 is 10.6 Å². The van der Waals surface area contributed by atoms with Crippen LogP contribution in [0.2, 0.25) is 0 Å².